The number of halogens is 1. The molecule has 0 saturated carbocycles. The zero-order chi connectivity index (χ0) is 14.9. The molecular formula is C12H14BrN3O2S2. The van der Waals surface area contributed by atoms with Crippen LogP contribution in [0.1, 0.15) is 11.3 Å². The van der Waals surface area contributed by atoms with Gasteiger partial charge in [-0.3, -0.25) is 0 Å². The predicted octanol–water partition coefficient (Wildman–Crippen LogP) is 2.62. The van der Waals surface area contributed by atoms with Gasteiger partial charge in [0.25, 0.3) is 10.0 Å². The molecule has 1 aromatic heterocycles. The maximum atomic E-state index is 12.5. The van der Waals surface area contributed by atoms with E-state index in [1.54, 1.807) is 14.0 Å². The Morgan fingerprint density at radius 1 is 1.40 bits per heavy atom. The van der Waals surface area contributed by atoms with E-state index in [4.69, 9.17) is 5.73 Å². The van der Waals surface area contributed by atoms with Crippen LogP contribution in [-0.4, -0.2) is 24.8 Å². The minimum Gasteiger partial charge on any atom is -0.375 e. The Hall–Kier alpha value is -0.960. The highest BCUT2D eigenvalue weighted by Gasteiger charge is 2.26. The van der Waals surface area contributed by atoms with Crippen LogP contribution in [0.5, 0.6) is 0 Å². The van der Waals surface area contributed by atoms with Crippen LogP contribution >= 0.6 is 27.3 Å². The summed E-state index contributed by atoms with van der Waals surface area (Å²) in [5, 5.41) is 0.260. The molecule has 0 amide bonds. The highest BCUT2D eigenvalue weighted by Crippen LogP contribution is 2.28. The van der Waals surface area contributed by atoms with E-state index in [1.165, 1.54) is 4.31 Å². The summed E-state index contributed by atoms with van der Waals surface area (Å²) >= 11 is 4.40. The number of benzene rings is 1. The largest absolute Gasteiger partial charge is 0.375 e. The minimum atomic E-state index is -3.58. The van der Waals surface area contributed by atoms with Gasteiger partial charge in [0.1, 0.15) is 0 Å². The third-order valence-corrected chi connectivity index (χ3v) is 6.92. The van der Waals surface area contributed by atoms with Crippen LogP contribution in [0.3, 0.4) is 0 Å². The van der Waals surface area contributed by atoms with Crippen molar-refractivity contribution in [3.05, 3.63) is 40.0 Å². The number of nitrogen functional groups attached to an aromatic ring is 1. The molecule has 108 valence electrons. The van der Waals surface area contributed by atoms with Crippen molar-refractivity contribution >= 4 is 42.4 Å². The van der Waals surface area contributed by atoms with E-state index in [2.05, 4.69) is 20.9 Å². The van der Waals surface area contributed by atoms with Gasteiger partial charge in [0.15, 0.2) is 9.34 Å². The van der Waals surface area contributed by atoms with E-state index < -0.39 is 10.0 Å². The van der Waals surface area contributed by atoms with Crippen molar-refractivity contribution in [1.29, 1.82) is 0 Å². The first-order chi connectivity index (χ1) is 9.32. The van der Waals surface area contributed by atoms with Gasteiger partial charge in [-0.2, -0.15) is 4.31 Å². The van der Waals surface area contributed by atoms with Gasteiger partial charge >= 0.3 is 0 Å². The summed E-state index contributed by atoms with van der Waals surface area (Å²) in [7, 11) is -2.03. The number of anilines is 1. The fourth-order valence-corrected chi connectivity index (χ4v) is 4.78. The molecule has 1 aromatic carbocycles. The van der Waals surface area contributed by atoms with Crippen LogP contribution in [-0.2, 0) is 16.6 Å². The molecule has 8 heteroatoms. The van der Waals surface area contributed by atoms with Crippen molar-refractivity contribution in [1.82, 2.24) is 9.29 Å². The molecular weight excluding hydrogens is 362 g/mol. The fourth-order valence-electron chi connectivity index (χ4n) is 1.73. The van der Waals surface area contributed by atoms with Gasteiger partial charge in [0, 0.05) is 18.1 Å². The molecule has 2 rings (SSSR count). The monoisotopic (exact) mass is 375 g/mol. The lowest BCUT2D eigenvalue weighted by atomic mass is 10.2. The van der Waals surface area contributed by atoms with E-state index in [0.717, 1.165) is 21.4 Å². The number of nitrogens with two attached hydrogens (primary N) is 1. The highest BCUT2D eigenvalue weighted by molar-refractivity contribution is 9.10. The molecule has 0 unspecified atom stereocenters. The Kier molecular flexibility index (Phi) is 4.48. The number of aryl methyl sites for hydroxylation is 1. The molecule has 2 aromatic rings. The van der Waals surface area contributed by atoms with Crippen LogP contribution in [0.2, 0.25) is 0 Å². The van der Waals surface area contributed by atoms with Crippen molar-refractivity contribution in [3.8, 4) is 0 Å². The SMILES string of the molecule is Cc1nc(N)sc1S(=O)(=O)N(C)Cc1ccccc1Br. The zero-order valence-electron chi connectivity index (χ0n) is 11.0. The van der Waals surface area contributed by atoms with Gasteiger partial charge in [-0.15, -0.1) is 0 Å². The minimum absolute atomic E-state index is 0.199. The third-order valence-electron chi connectivity index (χ3n) is 2.77. The molecule has 2 N–H and O–H groups in total. The lowest BCUT2D eigenvalue weighted by Gasteiger charge is -2.17. The van der Waals surface area contributed by atoms with Crippen LogP contribution in [0, 0.1) is 6.92 Å². The van der Waals surface area contributed by atoms with Gasteiger partial charge in [-0.1, -0.05) is 45.5 Å². The number of hydrogen-bond donors (Lipinski definition) is 1. The van der Waals surface area contributed by atoms with Crippen molar-refractivity contribution in [2.75, 3.05) is 12.8 Å². The smallest absolute Gasteiger partial charge is 0.254 e. The Labute approximate surface area is 130 Å². The normalized spacial score (nSPS) is 12.0. The molecule has 0 aliphatic carbocycles. The summed E-state index contributed by atoms with van der Waals surface area (Å²) in [5.74, 6) is 0. The summed E-state index contributed by atoms with van der Waals surface area (Å²) < 4.78 is 27.4. The number of thiazole rings is 1. The van der Waals surface area contributed by atoms with Crippen molar-refractivity contribution < 1.29 is 8.42 Å². The van der Waals surface area contributed by atoms with Crippen molar-refractivity contribution in [3.63, 3.8) is 0 Å². The Balaban J connectivity index is 2.31. The fraction of sp³-hybridized carbons (Fsp3) is 0.250. The second-order valence-corrected chi connectivity index (χ2v) is 8.40. The van der Waals surface area contributed by atoms with Crippen LogP contribution in [0.25, 0.3) is 0 Å². The second-order valence-electron chi connectivity index (χ2n) is 4.28. The van der Waals surface area contributed by atoms with Crippen molar-refractivity contribution in [2.45, 2.75) is 17.7 Å². The Morgan fingerprint density at radius 3 is 2.60 bits per heavy atom. The first-order valence-corrected chi connectivity index (χ1v) is 8.80. The van der Waals surface area contributed by atoms with E-state index in [0.29, 0.717) is 5.69 Å². The van der Waals surface area contributed by atoms with Crippen LogP contribution in [0.4, 0.5) is 5.13 Å². The first kappa shape index (κ1) is 15.4. The Morgan fingerprint density at radius 2 is 2.05 bits per heavy atom. The quantitative estimate of drug-likeness (QED) is 0.890. The van der Waals surface area contributed by atoms with Gasteiger partial charge in [-0.25, -0.2) is 13.4 Å². The number of nitrogens with zero attached hydrogens (tertiary/aromatic N) is 2. The summed E-state index contributed by atoms with van der Waals surface area (Å²) in [6, 6.07) is 7.52. The maximum absolute atomic E-state index is 12.5. The van der Waals surface area contributed by atoms with Gasteiger partial charge in [0.05, 0.1) is 5.69 Å². The van der Waals surface area contributed by atoms with Crippen LogP contribution < -0.4 is 5.73 Å². The number of rotatable bonds is 4. The number of sulfonamides is 1. The number of hydrogen-bond acceptors (Lipinski definition) is 5. The lowest BCUT2D eigenvalue weighted by molar-refractivity contribution is 0.467. The van der Waals surface area contributed by atoms with Gasteiger partial charge in [0.2, 0.25) is 0 Å². The van der Waals surface area contributed by atoms with Crippen molar-refractivity contribution in [2.24, 2.45) is 0 Å². The number of aromatic nitrogens is 1. The van der Waals surface area contributed by atoms with E-state index >= 15 is 0 Å². The van der Waals surface area contributed by atoms with E-state index in [1.807, 2.05) is 24.3 Å². The molecule has 0 fully saturated rings. The first-order valence-electron chi connectivity index (χ1n) is 5.75. The second kappa shape index (κ2) is 5.80. The van der Waals surface area contributed by atoms with E-state index in [9.17, 15) is 8.42 Å². The van der Waals surface area contributed by atoms with Gasteiger partial charge in [-0.05, 0) is 18.6 Å². The van der Waals surface area contributed by atoms with Gasteiger partial charge < -0.3 is 5.73 Å². The Bertz CT molecular complexity index is 728. The molecule has 20 heavy (non-hydrogen) atoms. The molecule has 5 nitrogen and oxygen atoms in total. The maximum Gasteiger partial charge on any atom is 0.254 e. The van der Waals surface area contributed by atoms with Crippen LogP contribution in [0.15, 0.2) is 32.9 Å². The standard InChI is InChI=1S/C12H14BrN3O2S2/c1-8-11(19-12(14)15-8)20(17,18)16(2)7-9-5-3-4-6-10(9)13/h3-6H,7H2,1-2H3,(H2,14,15). The summed E-state index contributed by atoms with van der Waals surface area (Å²) in [4.78, 5) is 3.97. The highest BCUT2D eigenvalue weighted by atomic mass is 79.9. The molecule has 0 atom stereocenters. The third kappa shape index (κ3) is 3.03. The summed E-state index contributed by atoms with van der Waals surface area (Å²) in [6.45, 7) is 1.92. The summed E-state index contributed by atoms with van der Waals surface area (Å²) in [5.41, 5.74) is 6.90. The molecule has 1 heterocycles. The molecule has 0 saturated heterocycles. The zero-order valence-corrected chi connectivity index (χ0v) is 14.2. The molecule has 0 radical (unpaired) electrons. The predicted molar refractivity (Wildman–Crippen MR) is 84.1 cm³/mol. The van der Waals surface area contributed by atoms with E-state index in [-0.39, 0.29) is 15.9 Å². The molecule has 0 aliphatic rings. The average Bonchev–Trinajstić information content (AvgIpc) is 2.72. The molecule has 0 spiro atoms. The topological polar surface area (TPSA) is 76.3 Å². The lowest BCUT2D eigenvalue weighted by Crippen LogP contribution is -2.26. The molecule has 0 bridgehead atoms. The average molecular weight is 376 g/mol. The summed E-state index contributed by atoms with van der Waals surface area (Å²) in [6.07, 6.45) is 0. The molecule has 0 aliphatic heterocycles.